The molecule has 128 valence electrons. The fraction of sp³-hybridized carbons (Fsp3) is 0.588. The molecule has 2 aliphatic rings. The number of hydrogen-bond acceptors (Lipinski definition) is 5. The molecule has 0 aliphatic carbocycles. The number of pyridine rings is 1. The van der Waals surface area contributed by atoms with Crippen molar-refractivity contribution in [3.05, 3.63) is 18.0 Å². The first-order chi connectivity index (χ1) is 11.7. The standard InChI is InChI=1S/C17H24N6O/c1-12-10-19-17-14(11-20-21-17)16(12)23-7-5-22(6-8-23)15(24)9-13-3-2-4-18-13/h10-11,13,18H,2-9H2,1H3,(H,19,20,21). The Hall–Kier alpha value is -2.15. The number of aryl methyl sites for hydroxylation is 1. The van der Waals surface area contributed by atoms with Crippen LogP contribution in [-0.4, -0.2) is 64.8 Å². The minimum absolute atomic E-state index is 0.286. The molecule has 2 N–H and O–H groups in total. The monoisotopic (exact) mass is 328 g/mol. The van der Waals surface area contributed by atoms with Gasteiger partial charge in [0.15, 0.2) is 5.65 Å². The van der Waals surface area contributed by atoms with E-state index in [4.69, 9.17) is 0 Å². The lowest BCUT2D eigenvalue weighted by molar-refractivity contribution is -0.131. The average Bonchev–Trinajstić information content (AvgIpc) is 3.26. The molecule has 0 spiro atoms. The van der Waals surface area contributed by atoms with Gasteiger partial charge in [0.1, 0.15) is 0 Å². The van der Waals surface area contributed by atoms with Crippen molar-refractivity contribution in [3.8, 4) is 0 Å². The van der Waals surface area contributed by atoms with Crippen LogP contribution in [0.1, 0.15) is 24.8 Å². The zero-order valence-electron chi connectivity index (χ0n) is 14.1. The molecular weight excluding hydrogens is 304 g/mol. The number of amides is 1. The van der Waals surface area contributed by atoms with Crippen LogP contribution in [0.2, 0.25) is 0 Å². The van der Waals surface area contributed by atoms with Gasteiger partial charge in [-0.1, -0.05) is 0 Å². The van der Waals surface area contributed by atoms with Crippen LogP contribution in [0, 0.1) is 6.92 Å². The highest BCUT2D eigenvalue weighted by Gasteiger charge is 2.26. The van der Waals surface area contributed by atoms with Crippen molar-refractivity contribution in [3.63, 3.8) is 0 Å². The number of anilines is 1. The third kappa shape index (κ3) is 2.84. The largest absolute Gasteiger partial charge is 0.367 e. The van der Waals surface area contributed by atoms with Gasteiger partial charge in [-0.2, -0.15) is 5.10 Å². The van der Waals surface area contributed by atoms with Crippen LogP contribution in [0.3, 0.4) is 0 Å². The Morgan fingerprint density at radius 2 is 2.12 bits per heavy atom. The van der Waals surface area contributed by atoms with E-state index in [9.17, 15) is 4.79 Å². The fourth-order valence-corrected chi connectivity index (χ4v) is 3.86. The van der Waals surface area contributed by atoms with Crippen LogP contribution in [0.5, 0.6) is 0 Å². The van der Waals surface area contributed by atoms with Crippen LogP contribution in [0.15, 0.2) is 12.4 Å². The molecule has 2 aliphatic heterocycles. The van der Waals surface area contributed by atoms with Crippen molar-refractivity contribution < 1.29 is 4.79 Å². The summed E-state index contributed by atoms with van der Waals surface area (Å²) in [6.45, 7) is 6.41. The van der Waals surface area contributed by atoms with E-state index in [2.05, 4.69) is 32.3 Å². The number of carbonyl (C=O) groups is 1. The Bertz CT molecular complexity index is 728. The number of nitrogens with zero attached hydrogens (tertiary/aromatic N) is 4. The zero-order chi connectivity index (χ0) is 16.5. The summed E-state index contributed by atoms with van der Waals surface area (Å²) in [5.41, 5.74) is 3.17. The van der Waals surface area contributed by atoms with E-state index in [0.717, 1.165) is 55.7 Å². The SMILES string of the molecule is Cc1cnc2[nH]ncc2c1N1CCN(C(=O)CC2CCCN2)CC1. The van der Waals surface area contributed by atoms with Crippen LogP contribution in [0.25, 0.3) is 11.0 Å². The second-order valence-electron chi connectivity index (χ2n) is 6.79. The number of rotatable bonds is 3. The molecule has 2 saturated heterocycles. The predicted molar refractivity (Wildman–Crippen MR) is 93.1 cm³/mol. The number of aromatic nitrogens is 3. The molecule has 4 rings (SSSR count). The first-order valence-electron chi connectivity index (χ1n) is 8.77. The normalized spacial score (nSPS) is 21.6. The number of fused-ring (bicyclic) bond motifs is 1. The number of carbonyl (C=O) groups excluding carboxylic acids is 1. The Labute approximate surface area is 141 Å². The molecule has 2 aromatic rings. The summed E-state index contributed by atoms with van der Waals surface area (Å²) in [6, 6.07) is 0.378. The summed E-state index contributed by atoms with van der Waals surface area (Å²) in [5.74, 6) is 0.286. The highest BCUT2D eigenvalue weighted by atomic mass is 16.2. The summed E-state index contributed by atoms with van der Waals surface area (Å²) < 4.78 is 0. The summed E-state index contributed by atoms with van der Waals surface area (Å²) >= 11 is 0. The Morgan fingerprint density at radius 3 is 2.88 bits per heavy atom. The van der Waals surface area contributed by atoms with E-state index in [1.165, 1.54) is 12.1 Å². The number of piperazine rings is 1. The molecule has 2 aromatic heterocycles. The van der Waals surface area contributed by atoms with Gasteiger partial charge >= 0.3 is 0 Å². The molecule has 4 heterocycles. The number of hydrogen-bond donors (Lipinski definition) is 2. The summed E-state index contributed by atoms with van der Waals surface area (Å²) in [6.07, 6.45) is 6.68. The lowest BCUT2D eigenvalue weighted by Crippen LogP contribution is -2.50. The van der Waals surface area contributed by atoms with Crippen molar-refractivity contribution in [1.82, 2.24) is 25.4 Å². The molecule has 1 amide bonds. The number of H-pyrrole nitrogens is 1. The van der Waals surface area contributed by atoms with Crippen molar-refractivity contribution in [2.75, 3.05) is 37.6 Å². The molecular formula is C17H24N6O. The van der Waals surface area contributed by atoms with E-state index >= 15 is 0 Å². The summed E-state index contributed by atoms with van der Waals surface area (Å²) in [7, 11) is 0. The fourth-order valence-electron chi connectivity index (χ4n) is 3.86. The molecule has 1 atom stereocenters. The van der Waals surface area contributed by atoms with Gasteiger partial charge in [-0.05, 0) is 31.9 Å². The van der Waals surface area contributed by atoms with Crippen molar-refractivity contribution in [1.29, 1.82) is 0 Å². The van der Waals surface area contributed by atoms with Gasteiger partial charge in [0.05, 0.1) is 17.3 Å². The van der Waals surface area contributed by atoms with Crippen LogP contribution < -0.4 is 10.2 Å². The first-order valence-corrected chi connectivity index (χ1v) is 8.77. The van der Waals surface area contributed by atoms with Crippen molar-refractivity contribution in [2.45, 2.75) is 32.2 Å². The molecule has 0 radical (unpaired) electrons. The topological polar surface area (TPSA) is 77.2 Å². The third-order valence-electron chi connectivity index (χ3n) is 5.17. The molecule has 7 heteroatoms. The van der Waals surface area contributed by atoms with Gasteiger partial charge in [0.2, 0.25) is 5.91 Å². The Kier molecular flexibility index (Phi) is 4.10. The summed E-state index contributed by atoms with van der Waals surface area (Å²) in [5, 5.41) is 11.5. The van der Waals surface area contributed by atoms with Crippen LogP contribution in [-0.2, 0) is 4.79 Å². The second-order valence-corrected chi connectivity index (χ2v) is 6.79. The van der Waals surface area contributed by atoms with Gasteiger partial charge in [0, 0.05) is 44.8 Å². The smallest absolute Gasteiger partial charge is 0.224 e. The van der Waals surface area contributed by atoms with Crippen molar-refractivity contribution >= 4 is 22.6 Å². The lowest BCUT2D eigenvalue weighted by Gasteiger charge is -2.37. The summed E-state index contributed by atoms with van der Waals surface area (Å²) in [4.78, 5) is 21.2. The van der Waals surface area contributed by atoms with Gasteiger partial charge in [0.25, 0.3) is 0 Å². The zero-order valence-corrected chi connectivity index (χ0v) is 14.1. The molecule has 1 unspecified atom stereocenters. The first kappa shape index (κ1) is 15.4. The highest BCUT2D eigenvalue weighted by molar-refractivity contribution is 5.90. The van der Waals surface area contributed by atoms with Gasteiger partial charge < -0.3 is 15.1 Å². The van der Waals surface area contributed by atoms with E-state index in [-0.39, 0.29) is 5.91 Å². The van der Waals surface area contributed by atoms with Gasteiger partial charge in [-0.3, -0.25) is 9.89 Å². The number of nitrogens with one attached hydrogen (secondary N) is 2. The third-order valence-corrected chi connectivity index (χ3v) is 5.17. The van der Waals surface area contributed by atoms with E-state index in [0.29, 0.717) is 12.5 Å². The quantitative estimate of drug-likeness (QED) is 0.881. The number of aromatic amines is 1. The Morgan fingerprint density at radius 1 is 1.29 bits per heavy atom. The Balaban J connectivity index is 1.43. The second kappa shape index (κ2) is 6.39. The van der Waals surface area contributed by atoms with Gasteiger partial charge in [-0.15, -0.1) is 0 Å². The van der Waals surface area contributed by atoms with E-state index in [1.807, 2.05) is 17.3 Å². The van der Waals surface area contributed by atoms with E-state index < -0.39 is 0 Å². The molecule has 24 heavy (non-hydrogen) atoms. The highest BCUT2D eigenvalue weighted by Crippen LogP contribution is 2.29. The maximum atomic E-state index is 12.5. The minimum Gasteiger partial charge on any atom is -0.367 e. The minimum atomic E-state index is 0.286. The predicted octanol–water partition coefficient (Wildman–Crippen LogP) is 1.06. The molecule has 0 bridgehead atoms. The van der Waals surface area contributed by atoms with Crippen molar-refractivity contribution in [2.24, 2.45) is 0 Å². The maximum Gasteiger partial charge on any atom is 0.224 e. The molecule has 0 aromatic carbocycles. The van der Waals surface area contributed by atoms with E-state index in [1.54, 1.807) is 0 Å². The van der Waals surface area contributed by atoms with Crippen LogP contribution in [0.4, 0.5) is 5.69 Å². The maximum absolute atomic E-state index is 12.5. The lowest BCUT2D eigenvalue weighted by atomic mass is 10.1. The van der Waals surface area contributed by atoms with Crippen LogP contribution >= 0.6 is 0 Å². The average molecular weight is 328 g/mol. The molecule has 2 fully saturated rings. The molecule has 0 saturated carbocycles. The van der Waals surface area contributed by atoms with Gasteiger partial charge in [-0.25, -0.2) is 4.98 Å². The molecule has 7 nitrogen and oxygen atoms in total.